The minimum atomic E-state index is -0.402. The fourth-order valence-corrected chi connectivity index (χ4v) is 2.22. The normalized spacial score (nSPS) is 17.1. The number of benzene rings is 1. The zero-order valence-corrected chi connectivity index (χ0v) is 11.0. The predicted octanol–water partition coefficient (Wildman–Crippen LogP) is 1.97. The Morgan fingerprint density at radius 2 is 2.42 bits per heavy atom. The molecular formula is C14H16N2O3. The number of nitriles is 1. The molecule has 0 radical (unpaired) electrons. The third-order valence-electron chi connectivity index (χ3n) is 3.34. The van der Waals surface area contributed by atoms with Crippen molar-refractivity contribution in [2.24, 2.45) is 0 Å². The number of hydrogen-bond acceptors (Lipinski definition) is 5. The fraction of sp³-hybridized carbons (Fsp3) is 0.429. The van der Waals surface area contributed by atoms with E-state index in [1.54, 1.807) is 12.1 Å². The Bertz CT molecular complexity index is 522. The zero-order chi connectivity index (χ0) is 13.8. The van der Waals surface area contributed by atoms with Gasteiger partial charge in [-0.05, 0) is 18.6 Å². The molecule has 0 saturated carbocycles. The van der Waals surface area contributed by atoms with Crippen molar-refractivity contribution in [3.05, 3.63) is 23.8 Å². The van der Waals surface area contributed by atoms with Crippen LogP contribution in [0.4, 0.5) is 5.69 Å². The van der Waals surface area contributed by atoms with E-state index in [0.717, 1.165) is 12.1 Å². The fourth-order valence-electron chi connectivity index (χ4n) is 2.22. The molecule has 0 bridgehead atoms. The summed E-state index contributed by atoms with van der Waals surface area (Å²) in [6.07, 6.45) is 1.24. The van der Waals surface area contributed by atoms with Crippen molar-refractivity contribution in [2.75, 3.05) is 25.7 Å². The highest BCUT2D eigenvalue weighted by atomic mass is 16.5. The smallest absolute Gasteiger partial charge is 0.341 e. The van der Waals surface area contributed by atoms with Gasteiger partial charge < -0.3 is 14.4 Å². The second kappa shape index (κ2) is 5.61. The molecule has 1 aromatic rings. The monoisotopic (exact) mass is 260 g/mol. The van der Waals surface area contributed by atoms with Crippen LogP contribution in [0.3, 0.4) is 0 Å². The number of hydrogen-bond donors (Lipinski definition) is 0. The molecule has 19 heavy (non-hydrogen) atoms. The predicted molar refractivity (Wildman–Crippen MR) is 70.3 cm³/mol. The van der Waals surface area contributed by atoms with Crippen molar-refractivity contribution in [2.45, 2.75) is 18.9 Å². The highest BCUT2D eigenvalue weighted by Gasteiger charge is 2.28. The SMILES string of the molecule is COC(=O)c1cccc2c1OCC(CCC#N)N2C. The number of carbonyl (C=O) groups is 1. The number of nitrogens with zero attached hydrogens (tertiary/aromatic N) is 2. The van der Waals surface area contributed by atoms with Crippen molar-refractivity contribution < 1.29 is 14.3 Å². The number of para-hydroxylation sites is 1. The first-order chi connectivity index (χ1) is 9.19. The highest BCUT2D eigenvalue weighted by Crippen LogP contribution is 2.37. The second-order valence-electron chi connectivity index (χ2n) is 4.42. The summed E-state index contributed by atoms with van der Waals surface area (Å²) in [5, 5.41) is 8.66. The lowest BCUT2D eigenvalue weighted by Crippen LogP contribution is -2.40. The summed E-state index contributed by atoms with van der Waals surface area (Å²) in [5.74, 6) is 0.158. The quantitative estimate of drug-likeness (QED) is 0.777. The van der Waals surface area contributed by atoms with E-state index in [4.69, 9.17) is 14.7 Å². The molecule has 1 aliphatic rings. The topological polar surface area (TPSA) is 62.6 Å². The van der Waals surface area contributed by atoms with Crippen LogP contribution in [0.1, 0.15) is 23.2 Å². The van der Waals surface area contributed by atoms with Gasteiger partial charge in [-0.3, -0.25) is 0 Å². The number of ether oxygens (including phenoxy) is 2. The summed E-state index contributed by atoms with van der Waals surface area (Å²) in [4.78, 5) is 13.7. The van der Waals surface area contributed by atoms with E-state index in [2.05, 4.69) is 11.0 Å². The van der Waals surface area contributed by atoms with Gasteiger partial charge >= 0.3 is 5.97 Å². The van der Waals surface area contributed by atoms with Gasteiger partial charge in [0.25, 0.3) is 0 Å². The van der Waals surface area contributed by atoms with Crippen molar-refractivity contribution in [1.82, 2.24) is 0 Å². The van der Waals surface area contributed by atoms with E-state index in [1.165, 1.54) is 7.11 Å². The number of rotatable bonds is 3. The molecule has 0 aromatic heterocycles. The Hall–Kier alpha value is -2.22. The average Bonchev–Trinajstić information content (AvgIpc) is 2.45. The number of fused-ring (bicyclic) bond motifs is 1. The standard InChI is InChI=1S/C14H16N2O3/c1-16-10(5-4-8-15)9-19-13-11(14(17)18-2)6-3-7-12(13)16/h3,6-7,10H,4-5,9H2,1-2H3. The molecule has 0 amide bonds. The number of methoxy groups -OCH3 is 1. The van der Waals surface area contributed by atoms with Gasteiger partial charge in [-0.25, -0.2) is 4.79 Å². The molecule has 0 aliphatic carbocycles. The Morgan fingerprint density at radius 1 is 1.63 bits per heavy atom. The van der Waals surface area contributed by atoms with Crippen molar-refractivity contribution in [1.29, 1.82) is 5.26 Å². The first kappa shape index (κ1) is 13.2. The molecule has 0 saturated heterocycles. The number of anilines is 1. The first-order valence-electron chi connectivity index (χ1n) is 6.13. The molecule has 100 valence electrons. The summed E-state index contributed by atoms with van der Waals surface area (Å²) in [5.41, 5.74) is 1.29. The average molecular weight is 260 g/mol. The summed E-state index contributed by atoms with van der Waals surface area (Å²) in [6.45, 7) is 0.471. The van der Waals surface area contributed by atoms with Gasteiger partial charge in [-0.2, -0.15) is 5.26 Å². The van der Waals surface area contributed by atoms with Gasteiger partial charge in [-0.1, -0.05) is 6.07 Å². The Labute approximate surface area is 112 Å². The lowest BCUT2D eigenvalue weighted by Gasteiger charge is -2.36. The van der Waals surface area contributed by atoms with Crippen molar-refractivity contribution in [3.8, 4) is 11.8 Å². The minimum absolute atomic E-state index is 0.153. The summed E-state index contributed by atoms with van der Waals surface area (Å²) in [7, 11) is 3.30. The van der Waals surface area contributed by atoms with Crippen LogP contribution in [0.15, 0.2) is 18.2 Å². The molecule has 1 aromatic carbocycles. The van der Waals surface area contributed by atoms with E-state index >= 15 is 0 Å². The Morgan fingerprint density at radius 3 is 3.11 bits per heavy atom. The van der Waals surface area contributed by atoms with E-state index in [1.807, 2.05) is 13.1 Å². The van der Waals surface area contributed by atoms with Crippen LogP contribution in [-0.4, -0.2) is 32.8 Å². The molecule has 5 heteroatoms. The summed E-state index contributed by atoms with van der Waals surface area (Å²) >= 11 is 0. The maximum absolute atomic E-state index is 11.7. The van der Waals surface area contributed by atoms with E-state index in [0.29, 0.717) is 24.3 Å². The van der Waals surface area contributed by atoms with Crippen LogP contribution in [0, 0.1) is 11.3 Å². The molecule has 1 atom stereocenters. The summed E-state index contributed by atoms with van der Waals surface area (Å²) in [6, 6.07) is 7.69. The molecular weight excluding hydrogens is 244 g/mol. The molecule has 2 rings (SSSR count). The molecule has 0 N–H and O–H groups in total. The molecule has 1 heterocycles. The van der Waals surface area contributed by atoms with Crippen LogP contribution < -0.4 is 9.64 Å². The van der Waals surface area contributed by atoms with Crippen LogP contribution >= 0.6 is 0 Å². The van der Waals surface area contributed by atoms with Gasteiger partial charge in [0, 0.05) is 13.5 Å². The zero-order valence-electron chi connectivity index (χ0n) is 11.0. The maximum atomic E-state index is 11.7. The molecule has 1 unspecified atom stereocenters. The molecule has 5 nitrogen and oxygen atoms in total. The Balaban J connectivity index is 2.30. The number of carbonyl (C=O) groups excluding carboxylic acids is 1. The van der Waals surface area contributed by atoms with Gasteiger partial charge in [0.15, 0.2) is 5.75 Å². The van der Waals surface area contributed by atoms with Crippen LogP contribution in [-0.2, 0) is 4.74 Å². The van der Waals surface area contributed by atoms with Crippen molar-refractivity contribution >= 4 is 11.7 Å². The highest BCUT2D eigenvalue weighted by molar-refractivity contribution is 5.95. The Kier molecular flexibility index (Phi) is 3.91. The first-order valence-corrected chi connectivity index (χ1v) is 6.13. The number of likely N-dealkylation sites (N-methyl/N-ethyl adjacent to an activating group) is 1. The molecule has 0 fully saturated rings. The van der Waals surface area contributed by atoms with Crippen LogP contribution in [0.2, 0.25) is 0 Å². The van der Waals surface area contributed by atoms with Crippen LogP contribution in [0.25, 0.3) is 0 Å². The third kappa shape index (κ3) is 2.48. The minimum Gasteiger partial charge on any atom is -0.488 e. The largest absolute Gasteiger partial charge is 0.488 e. The summed E-state index contributed by atoms with van der Waals surface area (Å²) < 4.78 is 10.5. The third-order valence-corrected chi connectivity index (χ3v) is 3.34. The van der Waals surface area contributed by atoms with Crippen LogP contribution in [0.5, 0.6) is 5.75 Å². The van der Waals surface area contributed by atoms with Gasteiger partial charge in [0.2, 0.25) is 0 Å². The molecule has 1 aliphatic heterocycles. The molecule has 0 spiro atoms. The lowest BCUT2D eigenvalue weighted by atomic mass is 10.1. The van der Waals surface area contributed by atoms with Gasteiger partial charge in [0.1, 0.15) is 12.2 Å². The van der Waals surface area contributed by atoms with E-state index in [9.17, 15) is 4.79 Å². The number of esters is 1. The van der Waals surface area contributed by atoms with E-state index in [-0.39, 0.29) is 6.04 Å². The lowest BCUT2D eigenvalue weighted by molar-refractivity contribution is 0.0595. The van der Waals surface area contributed by atoms with E-state index < -0.39 is 5.97 Å². The van der Waals surface area contributed by atoms with Gasteiger partial charge in [0.05, 0.1) is 24.9 Å². The van der Waals surface area contributed by atoms with Crippen molar-refractivity contribution in [3.63, 3.8) is 0 Å². The van der Waals surface area contributed by atoms with Gasteiger partial charge in [-0.15, -0.1) is 0 Å². The maximum Gasteiger partial charge on any atom is 0.341 e. The second-order valence-corrected chi connectivity index (χ2v) is 4.42.